The van der Waals surface area contributed by atoms with Gasteiger partial charge in [-0.05, 0) is 47.0 Å². The van der Waals surface area contributed by atoms with Gasteiger partial charge in [0, 0.05) is 43.1 Å². The van der Waals surface area contributed by atoms with Gasteiger partial charge in [0.2, 0.25) is 0 Å². The molecule has 0 spiro atoms. The molecule has 0 fully saturated rings. The Bertz CT molecular complexity index is 1040. The van der Waals surface area contributed by atoms with E-state index in [-0.39, 0.29) is 11.8 Å². The van der Waals surface area contributed by atoms with Crippen LogP contribution in [0.15, 0.2) is 91.8 Å². The van der Waals surface area contributed by atoms with Crippen molar-refractivity contribution < 1.29 is 0 Å². The fourth-order valence-corrected chi connectivity index (χ4v) is 3.46. The van der Waals surface area contributed by atoms with Crippen molar-refractivity contribution in [1.29, 1.82) is 5.26 Å². The lowest BCUT2D eigenvalue weighted by molar-refractivity contribution is 0.647. The fraction of sp³-hybridized carbons (Fsp3) is 0.0870. The second-order valence-electron chi connectivity index (χ2n) is 6.37. The molecule has 0 saturated carbocycles. The van der Waals surface area contributed by atoms with Gasteiger partial charge in [-0.25, -0.2) is 9.97 Å². The second-order valence-corrected chi connectivity index (χ2v) is 6.37. The highest BCUT2D eigenvalue weighted by atomic mass is 14.9. The van der Waals surface area contributed by atoms with Gasteiger partial charge >= 0.3 is 0 Å². The van der Waals surface area contributed by atoms with E-state index in [1.165, 1.54) is 0 Å². The van der Waals surface area contributed by atoms with E-state index >= 15 is 0 Å². The molecule has 3 heterocycles. The van der Waals surface area contributed by atoms with Crippen LogP contribution in [0.4, 0.5) is 0 Å². The van der Waals surface area contributed by atoms with Gasteiger partial charge in [-0.1, -0.05) is 24.3 Å². The molecule has 134 valence electrons. The van der Waals surface area contributed by atoms with Crippen molar-refractivity contribution in [2.75, 3.05) is 0 Å². The molecule has 5 heteroatoms. The SMILES string of the molecule is N#Cc1cccc(C(c2cccnc2)C(c2cccnc2)c2ncccn2)c1. The van der Waals surface area contributed by atoms with E-state index < -0.39 is 0 Å². The largest absolute Gasteiger partial charge is 0.264 e. The minimum absolute atomic E-state index is 0.117. The van der Waals surface area contributed by atoms with Crippen LogP contribution in [0.1, 0.15) is 39.9 Å². The minimum atomic E-state index is -0.173. The van der Waals surface area contributed by atoms with Crippen molar-refractivity contribution in [2.24, 2.45) is 0 Å². The topological polar surface area (TPSA) is 75.3 Å². The summed E-state index contributed by atoms with van der Waals surface area (Å²) in [5.74, 6) is 0.411. The van der Waals surface area contributed by atoms with Crippen LogP contribution in [0, 0.1) is 11.3 Å². The van der Waals surface area contributed by atoms with E-state index in [1.54, 1.807) is 30.9 Å². The van der Waals surface area contributed by atoms with Crippen molar-refractivity contribution in [3.05, 3.63) is 120 Å². The molecule has 0 radical (unpaired) electrons. The monoisotopic (exact) mass is 363 g/mol. The maximum absolute atomic E-state index is 9.39. The molecule has 4 aromatic rings. The van der Waals surface area contributed by atoms with Crippen molar-refractivity contribution >= 4 is 0 Å². The third-order valence-corrected chi connectivity index (χ3v) is 4.66. The highest BCUT2D eigenvalue weighted by Gasteiger charge is 2.30. The van der Waals surface area contributed by atoms with Crippen LogP contribution in [0.2, 0.25) is 0 Å². The molecule has 0 aliphatic rings. The predicted octanol–water partition coefficient (Wildman–Crippen LogP) is 4.10. The average Bonchev–Trinajstić information content (AvgIpc) is 2.79. The zero-order chi connectivity index (χ0) is 19.2. The number of nitriles is 1. The molecular weight excluding hydrogens is 346 g/mol. The Balaban J connectivity index is 1.95. The minimum Gasteiger partial charge on any atom is -0.264 e. The van der Waals surface area contributed by atoms with E-state index in [9.17, 15) is 5.26 Å². The molecule has 5 nitrogen and oxygen atoms in total. The predicted molar refractivity (Wildman–Crippen MR) is 105 cm³/mol. The summed E-state index contributed by atoms with van der Waals surface area (Å²) in [6, 6.07) is 19.6. The Morgan fingerprint density at radius 2 is 1.32 bits per heavy atom. The maximum atomic E-state index is 9.39. The fourth-order valence-electron chi connectivity index (χ4n) is 3.46. The first kappa shape index (κ1) is 17.5. The second kappa shape index (κ2) is 8.19. The molecule has 4 rings (SSSR count). The Labute approximate surface area is 163 Å². The first-order valence-electron chi connectivity index (χ1n) is 8.93. The molecule has 2 atom stereocenters. The lowest BCUT2D eigenvalue weighted by Gasteiger charge is -2.27. The summed E-state index contributed by atoms with van der Waals surface area (Å²) >= 11 is 0. The van der Waals surface area contributed by atoms with Crippen molar-refractivity contribution in [1.82, 2.24) is 19.9 Å². The van der Waals surface area contributed by atoms with Crippen LogP contribution in [-0.4, -0.2) is 19.9 Å². The zero-order valence-electron chi connectivity index (χ0n) is 15.1. The van der Waals surface area contributed by atoms with E-state index in [2.05, 4.69) is 26.0 Å². The summed E-state index contributed by atoms with van der Waals surface area (Å²) in [4.78, 5) is 17.7. The van der Waals surface area contributed by atoms with E-state index in [0.717, 1.165) is 16.7 Å². The van der Waals surface area contributed by atoms with E-state index in [4.69, 9.17) is 0 Å². The average molecular weight is 363 g/mol. The number of nitrogens with zero attached hydrogens (tertiary/aromatic N) is 5. The maximum Gasteiger partial charge on any atom is 0.136 e. The summed E-state index contributed by atoms with van der Waals surface area (Å²) in [5.41, 5.74) is 3.66. The van der Waals surface area contributed by atoms with Gasteiger partial charge in [-0.15, -0.1) is 0 Å². The molecule has 1 aromatic carbocycles. The van der Waals surface area contributed by atoms with Crippen molar-refractivity contribution in [3.63, 3.8) is 0 Å². The molecule has 0 aliphatic heterocycles. The quantitative estimate of drug-likeness (QED) is 0.533. The molecule has 3 aromatic heterocycles. The number of rotatable bonds is 5. The first-order chi connectivity index (χ1) is 13.9. The van der Waals surface area contributed by atoms with Crippen LogP contribution in [0.5, 0.6) is 0 Å². The van der Waals surface area contributed by atoms with Crippen molar-refractivity contribution in [2.45, 2.75) is 11.8 Å². The normalized spacial score (nSPS) is 12.7. The van der Waals surface area contributed by atoms with Crippen molar-refractivity contribution in [3.8, 4) is 6.07 Å². The Morgan fingerprint density at radius 3 is 1.93 bits per heavy atom. The third kappa shape index (κ3) is 3.62. The lowest BCUT2D eigenvalue weighted by atomic mass is 9.77. The van der Waals surface area contributed by atoms with Gasteiger partial charge in [0.1, 0.15) is 5.82 Å². The summed E-state index contributed by atoms with van der Waals surface area (Å²) in [5, 5.41) is 9.39. The lowest BCUT2D eigenvalue weighted by Crippen LogP contribution is -2.17. The van der Waals surface area contributed by atoms with Gasteiger partial charge in [0.25, 0.3) is 0 Å². The molecule has 0 N–H and O–H groups in total. The smallest absolute Gasteiger partial charge is 0.136 e. The van der Waals surface area contributed by atoms with Gasteiger partial charge in [-0.2, -0.15) is 5.26 Å². The summed E-state index contributed by atoms with van der Waals surface area (Å²) in [7, 11) is 0. The molecular formula is C23H17N5. The van der Waals surface area contributed by atoms with Gasteiger partial charge < -0.3 is 0 Å². The third-order valence-electron chi connectivity index (χ3n) is 4.66. The van der Waals surface area contributed by atoms with E-state index in [1.807, 2.05) is 60.9 Å². The van der Waals surface area contributed by atoms with Crippen LogP contribution < -0.4 is 0 Å². The molecule has 0 aliphatic carbocycles. The number of hydrogen-bond acceptors (Lipinski definition) is 5. The number of pyridine rings is 2. The standard InChI is InChI=1S/C23H17N5/c24-14-17-5-1-6-18(13-17)21(19-7-2-9-25-15-19)22(20-8-3-10-26-16-20)23-27-11-4-12-28-23/h1-13,15-16,21-22H. The van der Waals surface area contributed by atoms with Crippen LogP contribution in [-0.2, 0) is 0 Å². The molecule has 28 heavy (non-hydrogen) atoms. The highest BCUT2D eigenvalue weighted by Crippen LogP contribution is 2.41. The van der Waals surface area contributed by atoms with Crippen LogP contribution >= 0.6 is 0 Å². The Morgan fingerprint density at radius 1 is 0.679 bits per heavy atom. The van der Waals surface area contributed by atoms with Gasteiger partial charge in [-0.3, -0.25) is 9.97 Å². The zero-order valence-corrected chi connectivity index (χ0v) is 15.1. The van der Waals surface area contributed by atoms with Crippen LogP contribution in [0.3, 0.4) is 0 Å². The molecule has 0 saturated heterocycles. The number of benzene rings is 1. The number of aromatic nitrogens is 4. The highest BCUT2D eigenvalue weighted by molar-refractivity contribution is 5.43. The van der Waals surface area contributed by atoms with E-state index in [0.29, 0.717) is 11.4 Å². The first-order valence-corrected chi connectivity index (χ1v) is 8.93. The number of hydrogen-bond donors (Lipinski definition) is 0. The molecule has 2 unspecified atom stereocenters. The summed E-state index contributed by atoms with van der Waals surface area (Å²) < 4.78 is 0. The van der Waals surface area contributed by atoms with Gasteiger partial charge in [0.05, 0.1) is 17.6 Å². The van der Waals surface area contributed by atoms with Gasteiger partial charge in [0.15, 0.2) is 0 Å². The summed E-state index contributed by atoms with van der Waals surface area (Å²) in [6.07, 6.45) is 10.7. The van der Waals surface area contributed by atoms with Crippen LogP contribution in [0.25, 0.3) is 0 Å². The molecule has 0 amide bonds. The molecule has 0 bridgehead atoms. The Kier molecular flexibility index (Phi) is 5.12. The Hall–Kier alpha value is -3.91. The summed E-state index contributed by atoms with van der Waals surface area (Å²) in [6.45, 7) is 0.